The molecule has 0 spiro atoms. The number of furan rings is 1. The molecule has 144 valence electrons. The molecule has 3 aromatic rings. The van der Waals surface area contributed by atoms with Crippen LogP contribution in [0.15, 0.2) is 47.1 Å². The van der Waals surface area contributed by atoms with Crippen molar-refractivity contribution in [3.63, 3.8) is 0 Å². The van der Waals surface area contributed by atoms with Gasteiger partial charge >= 0.3 is 0 Å². The van der Waals surface area contributed by atoms with E-state index in [1.54, 1.807) is 12.1 Å². The van der Waals surface area contributed by atoms with E-state index in [0.29, 0.717) is 16.5 Å². The molecule has 0 saturated carbocycles. The van der Waals surface area contributed by atoms with Crippen LogP contribution in [0, 0.1) is 5.92 Å². The van der Waals surface area contributed by atoms with Crippen LogP contribution in [0.5, 0.6) is 0 Å². The number of piperidine rings is 3. The van der Waals surface area contributed by atoms with Gasteiger partial charge in [0.2, 0.25) is 0 Å². The highest BCUT2D eigenvalue weighted by Gasteiger charge is 2.35. The number of carbonyl (C=O) groups is 2. The zero-order chi connectivity index (χ0) is 19.1. The fourth-order valence-electron chi connectivity index (χ4n) is 4.20. The first kappa shape index (κ1) is 17.5. The molecule has 3 saturated heterocycles. The standard InChI is InChI=1S/C21H21N3O3S/c25-20(17-2-1-9-27-17)22-15-3-4-18-14(10-15)11-19(28-18)21(26)23-16-12-24-7-5-13(16)6-8-24/h1-4,9-11,13,16H,5-8,12H2,(H,22,25)(H,23,26). The Labute approximate surface area is 166 Å². The van der Waals surface area contributed by atoms with Gasteiger partial charge in [0.1, 0.15) is 0 Å². The zero-order valence-corrected chi connectivity index (χ0v) is 16.1. The van der Waals surface area contributed by atoms with Crippen LogP contribution in [0.25, 0.3) is 10.1 Å². The van der Waals surface area contributed by atoms with Gasteiger partial charge in [-0.3, -0.25) is 9.59 Å². The summed E-state index contributed by atoms with van der Waals surface area (Å²) in [5.41, 5.74) is 0.677. The van der Waals surface area contributed by atoms with Gasteiger partial charge in [0.25, 0.3) is 11.8 Å². The number of hydrogen-bond acceptors (Lipinski definition) is 5. The summed E-state index contributed by atoms with van der Waals surface area (Å²) in [6.45, 7) is 3.28. The number of anilines is 1. The van der Waals surface area contributed by atoms with E-state index in [9.17, 15) is 9.59 Å². The summed E-state index contributed by atoms with van der Waals surface area (Å²) in [6, 6.07) is 11.1. The van der Waals surface area contributed by atoms with Gasteiger partial charge in [-0.1, -0.05) is 0 Å². The topological polar surface area (TPSA) is 74.6 Å². The number of nitrogens with one attached hydrogen (secondary N) is 2. The van der Waals surface area contributed by atoms with Crippen LogP contribution in [-0.2, 0) is 0 Å². The van der Waals surface area contributed by atoms with E-state index in [2.05, 4.69) is 15.5 Å². The minimum absolute atomic E-state index is 0.00104. The van der Waals surface area contributed by atoms with E-state index >= 15 is 0 Å². The average molecular weight is 395 g/mol. The molecule has 7 heteroatoms. The van der Waals surface area contributed by atoms with Gasteiger partial charge in [0.05, 0.1) is 11.1 Å². The Morgan fingerprint density at radius 2 is 1.96 bits per heavy atom. The van der Waals surface area contributed by atoms with Gasteiger partial charge < -0.3 is 20.0 Å². The largest absolute Gasteiger partial charge is 0.459 e. The van der Waals surface area contributed by atoms with E-state index < -0.39 is 0 Å². The SMILES string of the molecule is O=C(Nc1ccc2sc(C(=O)NC3CN4CCC3CC4)cc2c1)c1ccco1. The fraction of sp³-hybridized carbons (Fsp3) is 0.333. The van der Waals surface area contributed by atoms with Crippen LogP contribution >= 0.6 is 11.3 Å². The van der Waals surface area contributed by atoms with Crippen molar-refractivity contribution < 1.29 is 14.0 Å². The van der Waals surface area contributed by atoms with E-state index in [1.165, 1.54) is 30.4 Å². The van der Waals surface area contributed by atoms with Crippen LogP contribution < -0.4 is 10.6 Å². The third-order valence-corrected chi connectivity index (χ3v) is 6.83. The van der Waals surface area contributed by atoms with Gasteiger partial charge in [-0.15, -0.1) is 11.3 Å². The molecule has 2 bridgehead atoms. The first-order valence-electron chi connectivity index (χ1n) is 9.57. The number of fused-ring (bicyclic) bond motifs is 4. The second-order valence-corrected chi connectivity index (χ2v) is 8.60. The maximum absolute atomic E-state index is 12.8. The molecule has 3 aliphatic heterocycles. The first-order chi connectivity index (χ1) is 13.7. The maximum atomic E-state index is 12.8. The lowest BCUT2D eigenvalue weighted by molar-refractivity contribution is 0.0622. The Morgan fingerprint density at radius 3 is 2.68 bits per heavy atom. The average Bonchev–Trinajstić information content (AvgIpc) is 3.38. The van der Waals surface area contributed by atoms with E-state index in [0.717, 1.165) is 29.7 Å². The third-order valence-electron chi connectivity index (χ3n) is 5.72. The summed E-state index contributed by atoms with van der Waals surface area (Å²) in [5.74, 6) is 0.579. The van der Waals surface area contributed by atoms with Crippen molar-refractivity contribution in [3.8, 4) is 0 Å². The van der Waals surface area contributed by atoms with Gasteiger partial charge in [0.15, 0.2) is 5.76 Å². The Kier molecular flexibility index (Phi) is 4.41. The highest BCUT2D eigenvalue weighted by atomic mass is 32.1. The number of carbonyl (C=O) groups excluding carboxylic acids is 2. The smallest absolute Gasteiger partial charge is 0.291 e. The number of nitrogens with zero attached hydrogens (tertiary/aromatic N) is 1. The van der Waals surface area contributed by atoms with Crippen molar-refractivity contribution in [2.45, 2.75) is 18.9 Å². The van der Waals surface area contributed by atoms with Crippen molar-refractivity contribution in [1.82, 2.24) is 10.2 Å². The lowest BCUT2D eigenvalue weighted by Gasteiger charge is -2.44. The molecule has 28 heavy (non-hydrogen) atoms. The quantitative estimate of drug-likeness (QED) is 0.708. The molecule has 2 N–H and O–H groups in total. The summed E-state index contributed by atoms with van der Waals surface area (Å²) < 4.78 is 6.14. The summed E-state index contributed by atoms with van der Waals surface area (Å²) in [6.07, 6.45) is 3.82. The zero-order valence-electron chi connectivity index (χ0n) is 15.3. The first-order valence-corrected chi connectivity index (χ1v) is 10.4. The minimum Gasteiger partial charge on any atom is -0.459 e. The maximum Gasteiger partial charge on any atom is 0.291 e. The molecule has 2 amide bonds. The lowest BCUT2D eigenvalue weighted by Crippen LogP contribution is -2.57. The van der Waals surface area contributed by atoms with Crippen molar-refractivity contribution >= 4 is 38.9 Å². The van der Waals surface area contributed by atoms with Gasteiger partial charge in [-0.05, 0) is 73.6 Å². The molecule has 2 aromatic heterocycles. The molecule has 3 aliphatic rings. The third kappa shape index (κ3) is 3.31. The number of rotatable bonds is 4. The van der Waals surface area contributed by atoms with Crippen LogP contribution in [0.3, 0.4) is 0 Å². The molecule has 1 atom stereocenters. The Hall–Kier alpha value is -2.64. The van der Waals surface area contributed by atoms with Crippen molar-refractivity contribution in [3.05, 3.63) is 53.3 Å². The molecule has 5 heterocycles. The van der Waals surface area contributed by atoms with E-state index in [4.69, 9.17) is 4.42 Å². The molecular formula is C21H21N3O3S. The number of hydrogen-bond donors (Lipinski definition) is 2. The fourth-order valence-corrected chi connectivity index (χ4v) is 5.15. The lowest BCUT2D eigenvalue weighted by atomic mass is 9.84. The predicted octanol–water partition coefficient (Wildman–Crippen LogP) is 3.57. The second kappa shape index (κ2) is 7.07. The molecular weight excluding hydrogens is 374 g/mol. The summed E-state index contributed by atoms with van der Waals surface area (Å²) in [5, 5.41) is 7.01. The molecule has 3 fully saturated rings. The molecule has 1 aromatic carbocycles. The van der Waals surface area contributed by atoms with Crippen molar-refractivity contribution in [1.29, 1.82) is 0 Å². The Balaban J connectivity index is 1.30. The molecule has 6 nitrogen and oxygen atoms in total. The Morgan fingerprint density at radius 1 is 1.11 bits per heavy atom. The normalized spacial score (nSPS) is 23.6. The molecule has 1 unspecified atom stereocenters. The second-order valence-electron chi connectivity index (χ2n) is 7.51. The molecule has 0 aliphatic carbocycles. The predicted molar refractivity (Wildman–Crippen MR) is 109 cm³/mol. The minimum atomic E-state index is -0.292. The van der Waals surface area contributed by atoms with Crippen LogP contribution in [0.1, 0.15) is 33.1 Å². The summed E-state index contributed by atoms with van der Waals surface area (Å²) in [4.78, 5) is 28.1. The van der Waals surface area contributed by atoms with E-state index in [1.807, 2.05) is 24.3 Å². The Bertz CT molecular complexity index is 1020. The van der Waals surface area contributed by atoms with Crippen LogP contribution in [0.2, 0.25) is 0 Å². The monoisotopic (exact) mass is 395 g/mol. The van der Waals surface area contributed by atoms with E-state index in [-0.39, 0.29) is 23.6 Å². The highest BCUT2D eigenvalue weighted by Crippen LogP contribution is 2.30. The number of thiophene rings is 1. The summed E-state index contributed by atoms with van der Waals surface area (Å²) in [7, 11) is 0. The van der Waals surface area contributed by atoms with Gasteiger partial charge in [0, 0.05) is 23.0 Å². The van der Waals surface area contributed by atoms with Crippen molar-refractivity contribution in [2.24, 2.45) is 5.92 Å². The molecule has 6 rings (SSSR count). The van der Waals surface area contributed by atoms with Gasteiger partial charge in [-0.2, -0.15) is 0 Å². The molecule has 0 radical (unpaired) electrons. The van der Waals surface area contributed by atoms with Gasteiger partial charge in [-0.25, -0.2) is 0 Å². The number of amides is 2. The highest BCUT2D eigenvalue weighted by molar-refractivity contribution is 7.20. The summed E-state index contributed by atoms with van der Waals surface area (Å²) >= 11 is 1.48. The number of benzene rings is 1. The van der Waals surface area contributed by atoms with Crippen LogP contribution in [-0.4, -0.2) is 42.4 Å². The van der Waals surface area contributed by atoms with Crippen LogP contribution in [0.4, 0.5) is 5.69 Å². The van der Waals surface area contributed by atoms with Crippen molar-refractivity contribution in [2.75, 3.05) is 25.0 Å².